The Bertz CT molecular complexity index is 516. The largest absolute Gasteiger partial charge is 0.301 e. The zero-order valence-electron chi connectivity index (χ0n) is 21.4. The van der Waals surface area contributed by atoms with Crippen LogP contribution < -0.4 is 4.75 Å². The van der Waals surface area contributed by atoms with E-state index < -0.39 is 40.4 Å². The molecule has 0 saturated carbocycles. The lowest BCUT2D eigenvalue weighted by molar-refractivity contribution is 0.309. The van der Waals surface area contributed by atoms with Gasteiger partial charge in [-0.05, 0) is 47.3 Å². The molecular weight excluding hydrogens is 416 g/mol. The highest BCUT2D eigenvalue weighted by molar-refractivity contribution is 7.67. The first kappa shape index (κ1) is 28.0. The third kappa shape index (κ3) is 8.32. The minimum Gasteiger partial charge on any atom is -0.301 e. The smallest absolute Gasteiger partial charge is 0.175 e. The van der Waals surface area contributed by atoms with Crippen LogP contribution in [0, 0.1) is 0 Å². The Kier molecular flexibility index (Phi) is 9.33. The number of rotatable bonds is 9. The van der Waals surface area contributed by atoms with Crippen molar-refractivity contribution < 1.29 is 0 Å². The van der Waals surface area contributed by atoms with E-state index in [0.29, 0.717) is 12.1 Å². The molecule has 0 saturated heterocycles. The number of nitrogens with zero attached hydrogens (tertiary/aromatic N) is 3. The van der Waals surface area contributed by atoms with Gasteiger partial charge in [0.15, 0.2) is 8.24 Å². The zero-order chi connectivity index (χ0) is 22.2. The van der Waals surface area contributed by atoms with Crippen LogP contribution in [-0.2, 0) is 0 Å². The summed E-state index contributed by atoms with van der Waals surface area (Å²) in [5.41, 5.74) is 0. The fourth-order valence-corrected chi connectivity index (χ4v) is 32.1. The maximum absolute atomic E-state index is 5.90. The van der Waals surface area contributed by atoms with Gasteiger partial charge in [0.2, 0.25) is 0 Å². The van der Waals surface area contributed by atoms with Crippen molar-refractivity contribution in [3.8, 4) is 0 Å². The van der Waals surface area contributed by atoms with Gasteiger partial charge in [0, 0.05) is 12.1 Å². The predicted octanol–water partition coefficient (Wildman–Crippen LogP) is 7.28. The van der Waals surface area contributed by atoms with Crippen LogP contribution in [0.3, 0.4) is 0 Å². The van der Waals surface area contributed by atoms with E-state index in [-0.39, 0.29) is 0 Å². The maximum atomic E-state index is 5.90. The Balaban J connectivity index is 7.45. The average molecular weight is 467 g/mol. The number of hydrogen-bond donors (Lipinski definition) is 1. The summed E-state index contributed by atoms with van der Waals surface area (Å²) in [5, 5.41) is 0. The molecule has 0 aromatic heterocycles. The lowest BCUT2D eigenvalue weighted by Crippen LogP contribution is -2.64. The Morgan fingerprint density at radius 1 is 0.667 bits per heavy atom. The molecule has 0 spiro atoms. The van der Waals surface area contributed by atoms with E-state index >= 15 is 0 Å². The van der Waals surface area contributed by atoms with E-state index in [9.17, 15) is 0 Å². The van der Waals surface area contributed by atoms with Crippen molar-refractivity contribution >= 4 is 40.4 Å². The third-order valence-electron chi connectivity index (χ3n) is 3.85. The predicted molar refractivity (Wildman–Crippen MR) is 140 cm³/mol. The van der Waals surface area contributed by atoms with Crippen molar-refractivity contribution in [3.63, 3.8) is 0 Å². The summed E-state index contributed by atoms with van der Waals surface area (Å²) in [6.07, 6.45) is 0. The third-order valence-corrected chi connectivity index (χ3v) is 25.2. The van der Waals surface area contributed by atoms with Gasteiger partial charge in [-0.15, -0.1) is 0 Å². The van der Waals surface area contributed by atoms with E-state index in [1.165, 1.54) is 0 Å². The normalized spacial score (nSPS) is 17.2. The Hall–Kier alpha value is 0.978. The molecule has 4 nitrogen and oxygen atoms in total. The van der Waals surface area contributed by atoms with E-state index in [1.807, 2.05) is 0 Å². The van der Waals surface area contributed by atoms with Gasteiger partial charge < -0.3 is 4.41 Å². The first-order valence-corrected chi connectivity index (χ1v) is 26.1. The summed E-state index contributed by atoms with van der Waals surface area (Å²) in [4.78, 5) is 0. The highest BCUT2D eigenvalue weighted by Gasteiger charge is 2.50. The highest BCUT2D eigenvalue weighted by Crippen LogP contribution is 2.61. The molecule has 0 radical (unpaired) electrons. The van der Waals surface area contributed by atoms with Crippen molar-refractivity contribution in [1.82, 2.24) is 13.4 Å². The highest BCUT2D eigenvalue weighted by atomic mass is 31.2. The van der Waals surface area contributed by atoms with Crippen LogP contribution in [0.15, 0.2) is 4.41 Å². The quantitative estimate of drug-likeness (QED) is 0.286. The maximum Gasteiger partial charge on any atom is 0.175 e. The minimum absolute atomic E-state index is 0.470. The van der Waals surface area contributed by atoms with Crippen LogP contribution in [0.4, 0.5) is 0 Å². The molecule has 0 aliphatic rings. The topological polar surface area (TPSA) is 30.9 Å². The fraction of sp³-hybridized carbons (Fsp3) is 1.00. The van der Waals surface area contributed by atoms with Crippen molar-refractivity contribution in [3.05, 3.63) is 0 Å². The monoisotopic (exact) mass is 466 g/mol. The Morgan fingerprint density at radius 2 is 1.00 bits per heavy atom. The zero-order valence-corrected chi connectivity index (χ0v) is 26.3. The van der Waals surface area contributed by atoms with Crippen LogP contribution in [-0.4, -0.2) is 53.7 Å². The molecule has 0 aliphatic heterocycles. The van der Waals surface area contributed by atoms with E-state index in [2.05, 4.69) is 120 Å². The van der Waals surface area contributed by atoms with E-state index in [1.54, 1.807) is 0 Å². The molecule has 0 aromatic rings. The SMILES string of the molecule is CC(C)N(C(C)C)P(=N[Si](C)(C)C)(N[Si](C)(C)C)N([Si](C)(C)C)[Si](C)(C)C. The van der Waals surface area contributed by atoms with Crippen LogP contribution in [0.2, 0.25) is 78.6 Å². The van der Waals surface area contributed by atoms with Gasteiger partial charge >= 0.3 is 0 Å². The molecule has 0 rings (SSSR count). The molecule has 0 aliphatic carbocycles. The summed E-state index contributed by atoms with van der Waals surface area (Å²) in [5.74, 6) is 0. The van der Waals surface area contributed by atoms with Crippen LogP contribution >= 0.6 is 7.51 Å². The van der Waals surface area contributed by atoms with Gasteiger partial charge in [-0.1, -0.05) is 58.9 Å². The molecule has 1 unspecified atom stereocenters. The molecule has 9 heteroatoms. The lowest BCUT2D eigenvalue weighted by Gasteiger charge is -2.59. The van der Waals surface area contributed by atoms with Crippen LogP contribution in [0.1, 0.15) is 27.7 Å². The van der Waals surface area contributed by atoms with Gasteiger partial charge in [-0.3, -0.25) is 8.75 Å². The molecule has 27 heavy (non-hydrogen) atoms. The van der Waals surface area contributed by atoms with Crippen molar-refractivity contribution in [2.24, 2.45) is 4.41 Å². The molecular formula is C18H51N4PSi4. The molecule has 0 heterocycles. The van der Waals surface area contributed by atoms with Gasteiger partial charge in [0.25, 0.3) is 0 Å². The summed E-state index contributed by atoms with van der Waals surface area (Å²) in [6.45, 7) is 39.3. The van der Waals surface area contributed by atoms with Gasteiger partial charge in [-0.25, -0.2) is 4.67 Å². The summed E-state index contributed by atoms with van der Waals surface area (Å²) >= 11 is 0. The summed E-state index contributed by atoms with van der Waals surface area (Å²) in [7, 11) is -8.52. The van der Waals surface area contributed by atoms with Crippen LogP contribution in [0.25, 0.3) is 0 Å². The van der Waals surface area contributed by atoms with Gasteiger partial charge in [0.05, 0.1) is 0 Å². The second-order valence-electron chi connectivity index (χ2n) is 12.4. The van der Waals surface area contributed by atoms with E-state index in [4.69, 9.17) is 4.41 Å². The first-order valence-electron chi connectivity index (χ1n) is 10.6. The van der Waals surface area contributed by atoms with Crippen molar-refractivity contribution in [2.75, 3.05) is 0 Å². The molecule has 1 atom stereocenters. The Labute approximate surface area is 176 Å². The summed E-state index contributed by atoms with van der Waals surface area (Å²) in [6, 6.07) is 0.940. The minimum atomic E-state index is -2.03. The summed E-state index contributed by atoms with van der Waals surface area (Å²) < 4.78 is 16.1. The average Bonchev–Trinajstić information content (AvgIpc) is 2.15. The molecule has 0 aromatic carbocycles. The molecule has 0 fully saturated rings. The molecule has 0 amide bonds. The molecule has 164 valence electrons. The van der Waals surface area contributed by atoms with Crippen molar-refractivity contribution in [1.29, 1.82) is 0 Å². The molecule has 0 bridgehead atoms. The molecule has 1 N–H and O–H groups in total. The second kappa shape index (κ2) is 9.00. The number of nitrogens with one attached hydrogen (secondary N) is 1. The van der Waals surface area contributed by atoms with Crippen molar-refractivity contribution in [2.45, 2.75) is 118 Å². The lowest BCUT2D eigenvalue weighted by atomic mass is 10.3. The van der Waals surface area contributed by atoms with Gasteiger partial charge in [0.1, 0.15) is 32.2 Å². The van der Waals surface area contributed by atoms with E-state index in [0.717, 1.165) is 0 Å². The first-order chi connectivity index (χ1) is 11.5. The van der Waals surface area contributed by atoms with Gasteiger partial charge in [-0.2, -0.15) is 0 Å². The Morgan fingerprint density at radius 3 is 1.19 bits per heavy atom. The fourth-order valence-electron chi connectivity index (χ4n) is 4.28. The number of hydrogen-bond acceptors (Lipinski definition) is 1. The van der Waals surface area contributed by atoms with Crippen LogP contribution in [0.5, 0.6) is 0 Å². The standard InChI is InChI=1S/C18H51N4PSi4/c1-17(2)21(18(3)4)23(19-24(5,6)7,20-25(8,9)10)22(26(11,12)13)27(14,15)16/h17-19H,1-16H3. The second-order valence-corrected chi connectivity index (χ2v) is 35.7.